The van der Waals surface area contributed by atoms with E-state index in [0.717, 1.165) is 0 Å². The number of anilines is 1. The van der Waals surface area contributed by atoms with Crippen LogP contribution in [0.25, 0.3) is 0 Å². The van der Waals surface area contributed by atoms with Gasteiger partial charge in [0.1, 0.15) is 16.7 Å². The third kappa shape index (κ3) is 2.50. The zero-order valence-electron chi connectivity index (χ0n) is 6.59. The van der Waals surface area contributed by atoms with E-state index in [4.69, 9.17) is 28.9 Å². The van der Waals surface area contributed by atoms with Crippen LogP contribution < -0.4 is 5.73 Å². The molecule has 1 unspecified atom stereocenters. The zero-order valence-corrected chi connectivity index (χ0v) is 8.10. The summed E-state index contributed by atoms with van der Waals surface area (Å²) in [5.74, 6) is 0.929. The number of nitrogens with two attached hydrogens (primary N) is 1. The molecule has 5 heteroatoms. The summed E-state index contributed by atoms with van der Waals surface area (Å²) in [5.41, 5.74) is 5.47. The molecular weight excluding hydrogens is 197 g/mol. The lowest BCUT2D eigenvalue weighted by atomic mass is 10.3. The van der Waals surface area contributed by atoms with Gasteiger partial charge in [0.25, 0.3) is 0 Å². The SMILES string of the molecule is CC(Cl)Cc1ncc(Cl)c(N)n1. The topological polar surface area (TPSA) is 51.8 Å². The lowest BCUT2D eigenvalue weighted by Gasteiger charge is -2.02. The summed E-state index contributed by atoms with van der Waals surface area (Å²) >= 11 is 11.4. The van der Waals surface area contributed by atoms with Gasteiger partial charge in [0.15, 0.2) is 0 Å². The lowest BCUT2D eigenvalue weighted by Crippen LogP contribution is -2.05. The van der Waals surface area contributed by atoms with Crippen molar-refractivity contribution in [2.24, 2.45) is 0 Å². The van der Waals surface area contributed by atoms with Crippen molar-refractivity contribution in [3.63, 3.8) is 0 Å². The minimum Gasteiger partial charge on any atom is -0.382 e. The van der Waals surface area contributed by atoms with Gasteiger partial charge in [-0.05, 0) is 6.92 Å². The number of aromatic nitrogens is 2. The normalized spacial score (nSPS) is 12.9. The summed E-state index contributed by atoms with van der Waals surface area (Å²) < 4.78 is 0. The van der Waals surface area contributed by atoms with E-state index >= 15 is 0 Å². The third-order valence-corrected chi connectivity index (χ3v) is 1.73. The van der Waals surface area contributed by atoms with Gasteiger partial charge in [-0.15, -0.1) is 11.6 Å². The molecule has 0 saturated carbocycles. The Balaban J connectivity index is 2.82. The van der Waals surface area contributed by atoms with Crippen molar-refractivity contribution in [1.82, 2.24) is 9.97 Å². The van der Waals surface area contributed by atoms with Crippen molar-refractivity contribution in [3.8, 4) is 0 Å². The Labute approximate surface area is 80.9 Å². The van der Waals surface area contributed by atoms with Crippen LogP contribution in [0, 0.1) is 0 Å². The van der Waals surface area contributed by atoms with Crippen LogP contribution in [-0.4, -0.2) is 15.3 Å². The van der Waals surface area contributed by atoms with Gasteiger partial charge in [0.05, 0.1) is 6.20 Å². The number of nitrogens with zero attached hydrogens (tertiary/aromatic N) is 2. The monoisotopic (exact) mass is 205 g/mol. The second kappa shape index (κ2) is 3.92. The first-order valence-corrected chi connectivity index (χ1v) is 4.32. The molecule has 0 amide bonds. The molecule has 1 rings (SSSR count). The molecule has 0 radical (unpaired) electrons. The van der Waals surface area contributed by atoms with Gasteiger partial charge < -0.3 is 5.73 Å². The molecule has 66 valence electrons. The number of rotatable bonds is 2. The van der Waals surface area contributed by atoms with Gasteiger partial charge >= 0.3 is 0 Å². The summed E-state index contributed by atoms with van der Waals surface area (Å²) in [6, 6.07) is 0. The molecule has 0 aliphatic heterocycles. The van der Waals surface area contributed by atoms with Crippen molar-refractivity contribution < 1.29 is 0 Å². The summed E-state index contributed by atoms with van der Waals surface area (Å²) in [5, 5.41) is 0.381. The fourth-order valence-corrected chi connectivity index (χ4v) is 0.998. The first-order chi connectivity index (χ1) is 5.59. The van der Waals surface area contributed by atoms with Crippen LogP contribution >= 0.6 is 23.2 Å². The van der Waals surface area contributed by atoms with Gasteiger partial charge in [0, 0.05) is 11.8 Å². The zero-order chi connectivity index (χ0) is 9.14. The van der Waals surface area contributed by atoms with Gasteiger partial charge in [-0.1, -0.05) is 11.6 Å². The maximum Gasteiger partial charge on any atom is 0.145 e. The Bertz CT molecular complexity index is 275. The van der Waals surface area contributed by atoms with Crippen LogP contribution in [0.4, 0.5) is 5.82 Å². The molecule has 12 heavy (non-hydrogen) atoms. The van der Waals surface area contributed by atoms with E-state index < -0.39 is 0 Å². The molecule has 1 atom stereocenters. The molecule has 0 aliphatic rings. The number of hydrogen-bond donors (Lipinski definition) is 1. The van der Waals surface area contributed by atoms with E-state index in [2.05, 4.69) is 9.97 Å². The Kier molecular flexibility index (Phi) is 3.12. The average Bonchev–Trinajstić information content (AvgIpc) is 1.96. The highest BCUT2D eigenvalue weighted by Crippen LogP contribution is 2.14. The van der Waals surface area contributed by atoms with Crippen LogP contribution in [0.1, 0.15) is 12.7 Å². The molecule has 0 bridgehead atoms. The Morgan fingerprint density at radius 3 is 2.83 bits per heavy atom. The Hall–Kier alpha value is -0.540. The second-order valence-electron chi connectivity index (χ2n) is 2.50. The lowest BCUT2D eigenvalue weighted by molar-refractivity contribution is 0.844. The van der Waals surface area contributed by atoms with Crippen molar-refractivity contribution in [2.75, 3.05) is 5.73 Å². The maximum atomic E-state index is 5.75. The molecule has 0 aromatic carbocycles. The van der Waals surface area contributed by atoms with E-state index in [1.807, 2.05) is 6.92 Å². The highest BCUT2D eigenvalue weighted by molar-refractivity contribution is 6.32. The largest absolute Gasteiger partial charge is 0.382 e. The van der Waals surface area contributed by atoms with Crippen LogP contribution in [0.15, 0.2) is 6.20 Å². The van der Waals surface area contributed by atoms with E-state index in [9.17, 15) is 0 Å². The molecule has 1 aromatic rings. The molecule has 0 spiro atoms. The van der Waals surface area contributed by atoms with Crippen LogP contribution in [-0.2, 0) is 6.42 Å². The Morgan fingerprint density at radius 2 is 2.33 bits per heavy atom. The highest BCUT2D eigenvalue weighted by atomic mass is 35.5. The Morgan fingerprint density at radius 1 is 1.67 bits per heavy atom. The van der Waals surface area contributed by atoms with Gasteiger partial charge in [0.2, 0.25) is 0 Å². The predicted molar refractivity (Wildman–Crippen MR) is 50.5 cm³/mol. The molecule has 0 fully saturated rings. The van der Waals surface area contributed by atoms with Crippen molar-refractivity contribution >= 4 is 29.0 Å². The molecule has 1 heterocycles. The molecule has 0 saturated heterocycles. The number of halogens is 2. The summed E-state index contributed by atoms with van der Waals surface area (Å²) in [6.07, 6.45) is 2.08. The number of nitrogen functional groups attached to an aromatic ring is 1. The van der Waals surface area contributed by atoms with E-state index in [-0.39, 0.29) is 5.38 Å². The van der Waals surface area contributed by atoms with Crippen molar-refractivity contribution in [1.29, 1.82) is 0 Å². The van der Waals surface area contributed by atoms with Crippen molar-refractivity contribution in [2.45, 2.75) is 18.7 Å². The van der Waals surface area contributed by atoms with E-state index in [1.54, 1.807) is 0 Å². The van der Waals surface area contributed by atoms with Crippen LogP contribution in [0.5, 0.6) is 0 Å². The molecule has 1 aromatic heterocycles. The highest BCUT2D eigenvalue weighted by Gasteiger charge is 2.04. The smallest absolute Gasteiger partial charge is 0.145 e. The first-order valence-electron chi connectivity index (χ1n) is 3.50. The first kappa shape index (κ1) is 9.55. The summed E-state index contributed by atoms with van der Waals surface area (Å²) in [6.45, 7) is 1.87. The predicted octanol–water partition coefficient (Wildman–Crippen LogP) is 1.88. The van der Waals surface area contributed by atoms with Crippen LogP contribution in [0.2, 0.25) is 5.02 Å². The molecular formula is C7H9Cl2N3. The van der Waals surface area contributed by atoms with Gasteiger partial charge in [-0.3, -0.25) is 0 Å². The van der Waals surface area contributed by atoms with Gasteiger partial charge in [-0.25, -0.2) is 9.97 Å². The maximum absolute atomic E-state index is 5.75. The van der Waals surface area contributed by atoms with Crippen molar-refractivity contribution in [3.05, 3.63) is 17.0 Å². The number of alkyl halides is 1. The third-order valence-electron chi connectivity index (χ3n) is 1.28. The van der Waals surface area contributed by atoms with Gasteiger partial charge in [-0.2, -0.15) is 0 Å². The standard InChI is InChI=1S/C7H9Cl2N3/c1-4(8)2-6-11-3-5(9)7(10)12-6/h3-4H,2H2,1H3,(H2,10,11,12). The summed E-state index contributed by atoms with van der Waals surface area (Å²) in [7, 11) is 0. The molecule has 2 N–H and O–H groups in total. The number of hydrogen-bond acceptors (Lipinski definition) is 3. The minimum absolute atomic E-state index is 0.00516. The minimum atomic E-state index is 0.00516. The summed E-state index contributed by atoms with van der Waals surface area (Å²) in [4.78, 5) is 7.93. The van der Waals surface area contributed by atoms with Crippen LogP contribution in [0.3, 0.4) is 0 Å². The second-order valence-corrected chi connectivity index (χ2v) is 3.66. The van der Waals surface area contributed by atoms with E-state index in [1.165, 1.54) is 6.20 Å². The fraction of sp³-hybridized carbons (Fsp3) is 0.429. The molecule has 0 aliphatic carbocycles. The van der Waals surface area contributed by atoms with E-state index in [0.29, 0.717) is 23.1 Å². The molecule has 3 nitrogen and oxygen atoms in total. The average molecular weight is 206 g/mol. The quantitative estimate of drug-likeness (QED) is 0.751. The fourth-order valence-electron chi connectivity index (χ4n) is 0.769.